The van der Waals surface area contributed by atoms with Crippen LogP contribution >= 0.6 is 11.6 Å². The van der Waals surface area contributed by atoms with E-state index in [2.05, 4.69) is 14.9 Å². The highest BCUT2D eigenvalue weighted by Gasteiger charge is 2.11. The number of fused-ring (bicyclic) bond motifs is 1. The maximum absolute atomic E-state index is 12.1. The summed E-state index contributed by atoms with van der Waals surface area (Å²) in [7, 11) is 0. The van der Waals surface area contributed by atoms with Crippen LogP contribution in [-0.2, 0) is 6.54 Å². The highest BCUT2D eigenvalue weighted by molar-refractivity contribution is 6.31. The number of benzene rings is 2. The summed E-state index contributed by atoms with van der Waals surface area (Å²) in [6, 6.07) is 12.4. The summed E-state index contributed by atoms with van der Waals surface area (Å²) < 4.78 is 2.14. The van der Waals surface area contributed by atoms with E-state index >= 15 is 0 Å². The van der Waals surface area contributed by atoms with Crippen molar-refractivity contribution < 1.29 is 9.90 Å². The molecule has 0 aliphatic carbocycles. The molecule has 0 spiro atoms. The van der Waals surface area contributed by atoms with Gasteiger partial charge in [-0.2, -0.15) is 0 Å². The first-order valence-electron chi connectivity index (χ1n) is 7.75. The van der Waals surface area contributed by atoms with E-state index in [0.29, 0.717) is 11.6 Å². The molecule has 0 saturated heterocycles. The molecule has 0 atom stereocenters. The van der Waals surface area contributed by atoms with Crippen LogP contribution in [0.2, 0.25) is 5.02 Å². The fraction of sp³-hybridized carbons (Fsp3) is 0.222. The summed E-state index contributed by atoms with van der Waals surface area (Å²) in [5, 5.41) is 13.0. The zero-order chi connectivity index (χ0) is 17.1. The number of nitrogens with one attached hydrogen (secondary N) is 1. The van der Waals surface area contributed by atoms with Crippen molar-refractivity contribution in [3.05, 3.63) is 58.9 Å². The van der Waals surface area contributed by atoms with Gasteiger partial charge in [0.1, 0.15) is 11.6 Å². The maximum atomic E-state index is 12.1. The minimum atomic E-state index is -0.331. The van der Waals surface area contributed by atoms with Crippen LogP contribution in [0.5, 0.6) is 5.75 Å². The molecule has 3 rings (SSSR count). The van der Waals surface area contributed by atoms with Gasteiger partial charge in [-0.25, -0.2) is 4.98 Å². The molecule has 0 aliphatic rings. The monoisotopic (exact) mass is 343 g/mol. The summed E-state index contributed by atoms with van der Waals surface area (Å²) in [6.45, 7) is 3.23. The first-order valence-corrected chi connectivity index (χ1v) is 8.12. The zero-order valence-electron chi connectivity index (χ0n) is 13.3. The minimum absolute atomic E-state index is 0.0756. The number of carbonyl (C=O) groups is 1. The van der Waals surface area contributed by atoms with Crippen molar-refractivity contribution in [1.29, 1.82) is 0 Å². The highest BCUT2D eigenvalue weighted by Crippen LogP contribution is 2.21. The van der Waals surface area contributed by atoms with Gasteiger partial charge in [0.25, 0.3) is 5.91 Å². The van der Waals surface area contributed by atoms with E-state index in [1.807, 2.05) is 31.2 Å². The van der Waals surface area contributed by atoms with E-state index in [4.69, 9.17) is 11.6 Å². The Balaban J connectivity index is 1.60. The predicted molar refractivity (Wildman–Crippen MR) is 94.5 cm³/mol. The Labute approximate surface area is 144 Å². The molecule has 2 N–H and O–H groups in total. The van der Waals surface area contributed by atoms with Gasteiger partial charge >= 0.3 is 0 Å². The number of aromatic nitrogens is 2. The van der Waals surface area contributed by atoms with Crippen LogP contribution in [0.1, 0.15) is 22.6 Å². The summed E-state index contributed by atoms with van der Waals surface area (Å²) in [5.41, 5.74) is 2.25. The minimum Gasteiger partial charge on any atom is -0.507 e. The third-order valence-electron chi connectivity index (χ3n) is 3.89. The van der Waals surface area contributed by atoms with Crippen molar-refractivity contribution in [3.8, 4) is 5.75 Å². The highest BCUT2D eigenvalue weighted by atomic mass is 35.5. The quantitative estimate of drug-likeness (QED) is 0.696. The number of hydrogen-bond acceptors (Lipinski definition) is 3. The van der Waals surface area contributed by atoms with Gasteiger partial charge in [0.15, 0.2) is 0 Å². The van der Waals surface area contributed by atoms with E-state index in [0.717, 1.165) is 29.8 Å². The average Bonchev–Trinajstić information content (AvgIpc) is 2.89. The van der Waals surface area contributed by atoms with Crippen LogP contribution in [0.4, 0.5) is 0 Å². The number of phenols is 1. The topological polar surface area (TPSA) is 67.2 Å². The SMILES string of the molecule is Cc1nc2ccccc2n1CCCNC(=O)c1cc(Cl)ccc1O. The van der Waals surface area contributed by atoms with Crippen molar-refractivity contribution in [3.63, 3.8) is 0 Å². The average molecular weight is 344 g/mol. The van der Waals surface area contributed by atoms with Gasteiger partial charge in [-0.3, -0.25) is 4.79 Å². The maximum Gasteiger partial charge on any atom is 0.255 e. The van der Waals surface area contributed by atoms with Gasteiger partial charge in [-0.15, -0.1) is 0 Å². The van der Waals surface area contributed by atoms with Gasteiger partial charge in [-0.1, -0.05) is 23.7 Å². The van der Waals surface area contributed by atoms with Crippen molar-refractivity contribution in [2.24, 2.45) is 0 Å². The second-order valence-corrected chi connectivity index (χ2v) is 6.01. The Morgan fingerprint density at radius 3 is 2.92 bits per heavy atom. The van der Waals surface area contributed by atoms with E-state index in [-0.39, 0.29) is 17.2 Å². The van der Waals surface area contributed by atoms with Gasteiger partial charge in [0, 0.05) is 18.1 Å². The van der Waals surface area contributed by atoms with E-state index in [1.54, 1.807) is 6.07 Å². The molecular weight excluding hydrogens is 326 g/mol. The Morgan fingerprint density at radius 2 is 2.08 bits per heavy atom. The lowest BCUT2D eigenvalue weighted by Gasteiger charge is -2.09. The number of hydrogen-bond donors (Lipinski definition) is 2. The number of rotatable bonds is 5. The molecule has 0 fully saturated rings. The number of nitrogens with zero attached hydrogens (tertiary/aromatic N) is 2. The molecule has 0 unspecified atom stereocenters. The number of phenolic OH excluding ortho intramolecular Hbond substituents is 1. The Morgan fingerprint density at radius 1 is 1.29 bits per heavy atom. The van der Waals surface area contributed by atoms with E-state index in [1.165, 1.54) is 12.1 Å². The molecule has 3 aromatic rings. The van der Waals surface area contributed by atoms with E-state index < -0.39 is 0 Å². The molecule has 0 bridgehead atoms. The summed E-state index contributed by atoms with van der Waals surface area (Å²) >= 11 is 5.86. The number of aromatic hydroxyl groups is 1. The predicted octanol–water partition coefficient (Wildman–Crippen LogP) is 3.52. The van der Waals surface area contributed by atoms with Gasteiger partial charge in [0.2, 0.25) is 0 Å². The number of carbonyl (C=O) groups excluding carboxylic acids is 1. The first kappa shape index (κ1) is 16.3. The number of amides is 1. The number of aryl methyl sites for hydroxylation is 2. The van der Waals surface area contributed by atoms with Crippen molar-refractivity contribution in [2.45, 2.75) is 19.9 Å². The molecular formula is C18H18ClN3O2. The van der Waals surface area contributed by atoms with Crippen LogP contribution in [0.15, 0.2) is 42.5 Å². The molecule has 1 heterocycles. The fourth-order valence-electron chi connectivity index (χ4n) is 2.70. The third kappa shape index (κ3) is 3.36. The standard InChI is InChI=1S/C18H18ClN3O2/c1-12-21-15-5-2-3-6-16(15)22(12)10-4-9-20-18(24)14-11-13(19)7-8-17(14)23/h2-3,5-8,11,23H,4,9-10H2,1H3,(H,20,24). The largest absolute Gasteiger partial charge is 0.507 e. The molecule has 1 amide bonds. The van der Waals surface area contributed by atoms with Crippen LogP contribution < -0.4 is 5.32 Å². The van der Waals surface area contributed by atoms with Crippen LogP contribution in [0, 0.1) is 6.92 Å². The van der Waals surface area contributed by atoms with Crippen LogP contribution in [-0.4, -0.2) is 27.1 Å². The Hall–Kier alpha value is -2.53. The molecule has 5 nitrogen and oxygen atoms in total. The van der Waals surface area contributed by atoms with Crippen LogP contribution in [0.25, 0.3) is 11.0 Å². The van der Waals surface area contributed by atoms with Crippen LogP contribution in [0.3, 0.4) is 0 Å². The lowest BCUT2D eigenvalue weighted by molar-refractivity contribution is 0.0950. The number of imidazole rings is 1. The summed E-state index contributed by atoms with van der Waals surface area (Å²) in [6.07, 6.45) is 0.758. The Kier molecular flexibility index (Phi) is 4.71. The number of para-hydroxylation sites is 2. The summed E-state index contributed by atoms with van der Waals surface area (Å²) in [4.78, 5) is 16.6. The van der Waals surface area contributed by atoms with Crippen molar-refractivity contribution in [1.82, 2.24) is 14.9 Å². The molecule has 24 heavy (non-hydrogen) atoms. The third-order valence-corrected chi connectivity index (χ3v) is 4.13. The van der Waals surface area contributed by atoms with Gasteiger partial charge in [-0.05, 0) is 43.7 Å². The van der Waals surface area contributed by atoms with Crippen molar-refractivity contribution in [2.75, 3.05) is 6.54 Å². The van der Waals surface area contributed by atoms with E-state index in [9.17, 15) is 9.90 Å². The molecule has 6 heteroatoms. The molecule has 0 aliphatic heterocycles. The first-order chi connectivity index (χ1) is 11.6. The lowest BCUT2D eigenvalue weighted by atomic mass is 10.2. The zero-order valence-corrected chi connectivity index (χ0v) is 14.0. The van der Waals surface area contributed by atoms with Gasteiger partial charge in [0.05, 0.1) is 16.6 Å². The summed E-state index contributed by atoms with van der Waals surface area (Å²) in [5.74, 6) is 0.547. The van der Waals surface area contributed by atoms with Gasteiger partial charge < -0.3 is 15.0 Å². The molecule has 124 valence electrons. The Bertz CT molecular complexity index is 889. The smallest absolute Gasteiger partial charge is 0.255 e. The molecule has 0 radical (unpaired) electrons. The second kappa shape index (κ2) is 6.93. The second-order valence-electron chi connectivity index (χ2n) is 5.57. The molecule has 2 aromatic carbocycles. The fourth-order valence-corrected chi connectivity index (χ4v) is 2.87. The normalized spacial score (nSPS) is 10.9. The number of halogens is 1. The molecule has 0 saturated carbocycles. The molecule has 1 aromatic heterocycles. The van der Waals surface area contributed by atoms with Crippen molar-refractivity contribution >= 4 is 28.5 Å². The lowest BCUT2D eigenvalue weighted by Crippen LogP contribution is -2.25.